The van der Waals surface area contributed by atoms with Crippen LogP contribution < -0.4 is 10.4 Å². The predicted molar refractivity (Wildman–Crippen MR) is 83.2 cm³/mol. The first-order chi connectivity index (χ1) is 10.4. The summed E-state index contributed by atoms with van der Waals surface area (Å²) in [6, 6.07) is 6.59. The van der Waals surface area contributed by atoms with E-state index in [9.17, 15) is 9.59 Å². The summed E-state index contributed by atoms with van der Waals surface area (Å²) in [5, 5.41) is 0.835. The first-order valence-corrected chi connectivity index (χ1v) is 7.32. The van der Waals surface area contributed by atoms with E-state index >= 15 is 0 Å². The van der Waals surface area contributed by atoms with Gasteiger partial charge in [-0.1, -0.05) is 6.92 Å². The highest BCUT2D eigenvalue weighted by atomic mass is 16.6. The molecule has 0 N–H and O–H groups in total. The van der Waals surface area contributed by atoms with Crippen LogP contribution in [0.3, 0.4) is 0 Å². The zero-order chi connectivity index (χ0) is 16.3. The molecule has 2 aromatic rings. The van der Waals surface area contributed by atoms with E-state index in [0.29, 0.717) is 11.3 Å². The molecular formula is C17H20O5. The second-order valence-electron chi connectivity index (χ2n) is 5.32. The van der Waals surface area contributed by atoms with Crippen LogP contribution in [-0.4, -0.2) is 18.2 Å². The van der Waals surface area contributed by atoms with Crippen molar-refractivity contribution in [2.24, 2.45) is 0 Å². The van der Waals surface area contributed by atoms with Gasteiger partial charge in [-0.25, -0.2) is 9.59 Å². The van der Waals surface area contributed by atoms with Gasteiger partial charge in [-0.15, -0.1) is 0 Å². The van der Waals surface area contributed by atoms with Crippen LogP contribution in [0.2, 0.25) is 0 Å². The maximum absolute atomic E-state index is 11.9. The summed E-state index contributed by atoms with van der Waals surface area (Å²) in [6.07, 6.45) is -0.127. The molecule has 0 radical (unpaired) electrons. The number of rotatable bonds is 5. The second kappa shape index (κ2) is 6.64. The summed E-state index contributed by atoms with van der Waals surface area (Å²) >= 11 is 0. The van der Waals surface area contributed by atoms with E-state index in [1.54, 1.807) is 25.1 Å². The van der Waals surface area contributed by atoms with Gasteiger partial charge in [-0.3, -0.25) is 0 Å². The Morgan fingerprint density at radius 2 is 2.00 bits per heavy atom. The van der Waals surface area contributed by atoms with E-state index in [-0.39, 0.29) is 6.10 Å². The topological polar surface area (TPSA) is 65.7 Å². The lowest BCUT2D eigenvalue weighted by molar-refractivity contribution is -0.155. The molecule has 2 atom stereocenters. The van der Waals surface area contributed by atoms with Gasteiger partial charge in [-0.2, -0.15) is 0 Å². The van der Waals surface area contributed by atoms with Crippen molar-refractivity contribution >= 4 is 16.9 Å². The number of fused-ring (bicyclic) bond motifs is 1. The van der Waals surface area contributed by atoms with Crippen LogP contribution in [0.5, 0.6) is 5.75 Å². The van der Waals surface area contributed by atoms with Crippen molar-refractivity contribution < 1.29 is 18.7 Å². The van der Waals surface area contributed by atoms with Gasteiger partial charge in [0.1, 0.15) is 11.3 Å². The first-order valence-electron chi connectivity index (χ1n) is 7.32. The zero-order valence-corrected chi connectivity index (χ0v) is 13.2. The molecule has 5 heteroatoms. The second-order valence-corrected chi connectivity index (χ2v) is 5.32. The highest BCUT2D eigenvalue weighted by Crippen LogP contribution is 2.23. The Morgan fingerprint density at radius 1 is 1.27 bits per heavy atom. The molecule has 118 valence electrons. The number of esters is 1. The summed E-state index contributed by atoms with van der Waals surface area (Å²) in [5.74, 6) is 0.0370. The van der Waals surface area contributed by atoms with Crippen molar-refractivity contribution in [1.29, 1.82) is 0 Å². The molecule has 22 heavy (non-hydrogen) atoms. The quantitative estimate of drug-likeness (QED) is 0.627. The zero-order valence-electron chi connectivity index (χ0n) is 13.2. The van der Waals surface area contributed by atoms with Crippen molar-refractivity contribution in [3.63, 3.8) is 0 Å². The lowest BCUT2D eigenvalue weighted by atomic mass is 10.1. The van der Waals surface area contributed by atoms with Gasteiger partial charge < -0.3 is 13.9 Å². The largest absolute Gasteiger partial charge is 0.479 e. The summed E-state index contributed by atoms with van der Waals surface area (Å²) in [6.45, 7) is 7.24. The SMILES string of the molecule is CCC(C)OC(=O)C(C)Oc1ccc2c(C)cc(=O)oc2c1. The Morgan fingerprint density at radius 3 is 2.68 bits per heavy atom. The van der Waals surface area contributed by atoms with Crippen molar-refractivity contribution in [2.75, 3.05) is 0 Å². The summed E-state index contributed by atoms with van der Waals surface area (Å²) < 4.78 is 16.0. The minimum atomic E-state index is -0.733. The van der Waals surface area contributed by atoms with E-state index in [1.165, 1.54) is 6.07 Å². The average Bonchev–Trinajstić information content (AvgIpc) is 2.46. The van der Waals surface area contributed by atoms with E-state index in [4.69, 9.17) is 13.9 Å². The Balaban J connectivity index is 2.18. The Hall–Kier alpha value is -2.30. The number of hydrogen-bond donors (Lipinski definition) is 0. The molecular weight excluding hydrogens is 284 g/mol. The van der Waals surface area contributed by atoms with Gasteiger partial charge in [0.05, 0.1) is 6.10 Å². The highest BCUT2D eigenvalue weighted by Gasteiger charge is 2.18. The fraction of sp³-hybridized carbons (Fsp3) is 0.412. The molecule has 0 aliphatic heterocycles. The van der Waals surface area contributed by atoms with Crippen LogP contribution in [0.15, 0.2) is 33.5 Å². The van der Waals surface area contributed by atoms with Crippen molar-refractivity contribution in [2.45, 2.75) is 46.3 Å². The maximum Gasteiger partial charge on any atom is 0.347 e. The van der Waals surface area contributed by atoms with Crippen LogP contribution in [0, 0.1) is 6.92 Å². The van der Waals surface area contributed by atoms with E-state index in [1.807, 2.05) is 20.8 Å². The third-order valence-electron chi connectivity index (χ3n) is 3.46. The summed E-state index contributed by atoms with van der Waals surface area (Å²) in [5.41, 5.74) is 0.860. The number of carbonyl (C=O) groups excluding carboxylic acids is 1. The Labute approximate surface area is 128 Å². The summed E-state index contributed by atoms with van der Waals surface area (Å²) in [7, 11) is 0. The molecule has 0 aliphatic carbocycles. The van der Waals surface area contributed by atoms with Crippen molar-refractivity contribution in [3.8, 4) is 5.75 Å². The minimum absolute atomic E-state index is 0.143. The lowest BCUT2D eigenvalue weighted by Crippen LogP contribution is -2.29. The normalized spacial score (nSPS) is 13.6. The molecule has 0 fully saturated rings. The maximum atomic E-state index is 11.9. The third kappa shape index (κ3) is 3.67. The van der Waals surface area contributed by atoms with Gasteiger partial charge in [0, 0.05) is 17.5 Å². The van der Waals surface area contributed by atoms with Crippen LogP contribution >= 0.6 is 0 Å². The van der Waals surface area contributed by atoms with Gasteiger partial charge in [0.2, 0.25) is 0 Å². The molecule has 2 unspecified atom stereocenters. The standard InChI is InChI=1S/C17H20O5/c1-5-11(3)20-17(19)12(4)21-13-6-7-14-10(2)8-16(18)22-15(14)9-13/h6-9,11-12H,5H2,1-4H3. The van der Waals surface area contributed by atoms with Gasteiger partial charge in [-0.05, 0) is 44.9 Å². The molecule has 0 aliphatic rings. The molecule has 0 saturated carbocycles. The smallest absolute Gasteiger partial charge is 0.347 e. The van der Waals surface area contributed by atoms with E-state index in [0.717, 1.165) is 17.4 Å². The van der Waals surface area contributed by atoms with Crippen LogP contribution in [-0.2, 0) is 9.53 Å². The minimum Gasteiger partial charge on any atom is -0.479 e. The lowest BCUT2D eigenvalue weighted by Gasteiger charge is -2.17. The molecule has 2 rings (SSSR count). The number of aryl methyl sites for hydroxylation is 1. The molecule has 0 amide bonds. The molecule has 0 spiro atoms. The summed E-state index contributed by atoms with van der Waals surface area (Å²) in [4.78, 5) is 23.3. The van der Waals surface area contributed by atoms with Crippen LogP contribution in [0.4, 0.5) is 0 Å². The highest BCUT2D eigenvalue weighted by molar-refractivity contribution is 5.81. The average molecular weight is 304 g/mol. The van der Waals surface area contributed by atoms with Crippen molar-refractivity contribution in [1.82, 2.24) is 0 Å². The fourth-order valence-electron chi connectivity index (χ4n) is 2.01. The molecule has 1 aromatic carbocycles. The Bertz CT molecular complexity index is 731. The molecule has 5 nitrogen and oxygen atoms in total. The number of benzene rings is 1. The van der Waals surface area contributed by atoms with Crippen LogP contribution in [0.1, 0.15) is 32.8 Å². The predicted octanol–water partition coefficient (Wildman–Crippen LogP) is 3.21. The monoisotopic (exact) mass is 304 g/mol. The molecule has 0 bridgehead atoms. The number of carbonyl (C=O) groups is 1. The first kappa shape index (κ1) is 16.1. The van der Waals surface area contributed by atoms with Gasteiger partial charge in [0.25, 0.3) is 0 Å². The molecule has 1 heterocycles. The van der Waals surface area contributed by atoms with Gasteiger partial charge in [0.15, 0.2) is 6.10 Å². The van der Waals surface area contributed by atoms with Gasteiger partial charge >= 0.3 is 11.6 Å². The Kier molecular flexibility index (Phi) is 4.85. The fourth-order valence-corrected chi connectivity index (χ4v) is 2.01. The van der Waals surface area contributed by atoms with E-state index < -0.39 is 17.7 Å². The third-order valence-corrected chi connectivity index (χ3v) is 3.46. The van der Waals surface area contributed by atoms with Crippen molar-refractivity contribution in [3.05, 3.63) is 40.2 Å². The molecule has 1 aromatic heterocycles. The number of ether oxygens (including phenoxy) is 2. The van der Waals surface area contributed by atoms with Crippen LogP contribution in [0.25, 0.3) is 11.0 Å². The van der Waals surface area contributed by atoms with E-state index in [2.05, 4.69) is 0 Å². The number of hydrogen-bond acceptors (Lipinski definition) is 5. The molecule has 0 saturated heterocycles.